The second-order valence-electron chi connectivity index (χ2n) is 7.46. The van der Waals surface area contributed by atoms with Crippen molar-refractivity contribution in [1.29, 1.82) is 0 Å². The lowest BCUT2D eigenvalue weighted by molar-refractivity contribution is 0.0732. The van der Waals surface area contributed by atoms with Crippen molar-refractivity contribution in [2.24, 2.45) is 0 Å². The number of rotatable bonds is 10. The first-order valence-electron chi connectivity index (χ1n) is 10.0. The van der Waals surface area contributed by atoms with E-state index in [0.29, 0.717) is 13.1 Å². The third-order valence-electron chi connectivity index (χ3n) is 5.81. The van der Waals surface area contributed by atoms with Crippen LogP contribution in [0.3, 0.4) is 0 Å². The molecule has 2 aliphatic carbocycles. The van der Waals surface area contributed by atoms with Gasteiger partial charge in [-0.1, -0.05) is 38.5 Å². The van der Waals surface area contributed by atoms with Crippen LogP contribution in [0.15, 0.2) is 0 Å². The molecule has 0 saturated heterocycles. The van der Waals surface area contributed by atoms with Crippen LogP contribution in [0.2, 0.25) is 0 Å². The number of hydrogen-bond donors (Lipinski definition) is 2. The van der Waals surface area contributed by atoms with Crippen LogP contribution in [0.5, 0.6) is 0 Å². The van der Waals surface area contributed by atoms with Gasteiger partial charge in [0.2, 0.25) is 0 Å². The van der Waals surface area contributed by atoms with Crippen molar-refractivity contribution >= 4 is 0 Å². The van der Waals surface area contributed by atoms with E-state index in [1.165, 1.54) is 70.8 Å². The van der Waals surface area contributed by atoms with E-state index in [1.807, 2.05) is 0 Å². The van der Waals surface area contributed by atoms with Crippen molar-refractivity contribution in [3.8, 4) is 0 Å². The molecule has 0 aromatic rings. The Morgan fingerprint density at radius 3 is 1.52 bits per heavy atom. The van der Waals surface area contributed by atoms with Crippen LogP contribution in [-0.2, 0) is 0 Å². The standard InChI is InChI=1S/C19H38N2O2/c22-16-14-20(15-17-23)12-7-13-21(18-8-3-1-4-9-18)19-10-5-2-6-11-19/h18-19,22-23H,1-17H2. The van der Waals surface area contributed by atoms with Crippen LogP contribution in [0.4, 0.5) is 0 Å². The molecule has 23 heavy (non-hydrogen) atoms. The molecule has 0 bridgehead atoms. The Morgan fingerprint density at radius 1 is 0.609 bits per heavy atom. The minimum absolute atomic E-state index is 0.189. The summed E-state index contributed by atoms with van der Waals surface area (Å²) in [7, 11) is 0. The highest BCUT2D eigenvalue weighted by Gasteiger charge is 2.28. The third kappa shape index (κ3) is 6.69. The first-order valence-corrected chi connectivity index (χ1v) is 10.0. The van der Waals surface area contributed by atoms with Crippen LogP contribution in [0.1, 0.15) is 70.6 Å². The zero-order valence-electron chi connectivity index (χ0n) is 15.0. The van der Waals surface area contributed by atoms with Crippen molar-refractivity contribution in [3.63, 3.8) is 0 Å². The van der Waals surface area contributed by atoms with Gasteiger partial charge in [0.15, 0.2) is 0 Å². The monoisotopic (exact) mass is 326 g/mol. The Balaban J connectivity index is 1.83. The maximum atomic E-state index is 9.15. The number of aliphatic hydroxyl groups excluding tert-OH is 2. The summed E-state index contributed by atoms with van der Waals surface area (Å²) in [5.74, 6) is 0. The first kappa shape index (κ1) is 19.2. The highest BCUT2D eigenvalue weighted by molar-refractivity contribution is 4.84. The lowest BCUT2D eigenvalue weighted by atomic mass is 9.88. The molecule has 2 fully saturated rings. The molecule has 4 nitrogen and oxygen atoms in total. The van der Waals surface area contributed by atoms with Crippen molar-refractivity contribution in [2.45, 2.75) is 82.7 Å². The van der Waals surface area contributed by atoms with Gasteiger partial charge in [-0.2, -0.15) is 0 Å². The normalized spacial score (nSPS) is 21.4. The molecule has 4 heteroatoms. The molecule has 0 heterocycles. The predicted octanol–water partition coefficient (Wildman–Crippen LogP) is 2.63. The molecule has 136 valence electrons. The molecule has 2 N–H and O–H groups in total. The fourth-order valence-electron chi connectivity index (χ4n) is 4.58. The Labute approximate surface area is 142 Å². The SMILES string of the molecule is OCCN(CCO)CCCN(C1CCCCC1)C1CCCCC1. The molecule has 0 aromatic carbocycles. The molecule has 0 aliphatic heterocycles. The largest absolute Gasteiger partial charge is 0.395 e. The molecule has 0 radical (unpaired) electrons. The average molecular weight is 327 g/mol. The average Bonchev–Trinajstić information content (AvgIpc) is 2.60. The highest BCUT2D eigenvalue weighted by Crippen LogP contribution is 2.30. The summed E-state index contributed by atoms with van der Waals surface area (Å²) >= 11 is 0. The van der Waals surface area contributed by atoms with Gasteiger partial charge in [0.05, 0.1) is 13.2 Å². The summed E-state index contributed by atoms with van der Waals surface area (Å²) in [5.41, 5.74) is 0. The van der Waals surface area contributed by atoms with Crippen LogP contribution in [-0.4, -0.2) is 71.5 Å². The smallest absolute Gasteiger partial charge is 0.0558 e. The summed E-state index contributed by atoms with van der Waals surface area (Å²) < 4.78 is 0. The quantitative estimate of drug-likeness (QED) is 0.648. The molecule has 0 amide bonds. The topological polar surface area (TPSA) is 46.9 Å². The zero-order valence-corrected chi connectivity index (χ0v) is 15.0. The Bertz CT molecular complexity index is 265. The summed E-state index contributed by atoms with van der Waals surface area (Å²) in [4.78, 5) is 5.05. The van der Waals surface area contributed by atoms with E-state index in [1.54, 1.807) is 0 Å². The minimum atomic E-state index is 0.189. The van der Waals surface area contributed by atoms with Crippen LogP contribution < -0.4 is 0 Å². The Morgan fingerprint density at radius 2 is 1.09 bits per heavy atom. The van der Waals surface area contributed by atoms with Gasteiger partial charge in [-0.05, 0) is 45.2 Å². The van der Waals surface area contributed by atoms with Gasteiger partial charge in [0.1, 0.15) is 0 Å². The van der Waals surface area contributed by atoms with Gasteiger partial charge in [-0.15, -0.1) is 0 Å². The second-order valence-corrected chi connectivity index (χ2v) is 7.46. The lowest BCUT2D eigenvalue weighted by Gasteiger charge is -2.42. The predicted molar refractivity (Wildman–Crippen MR) is 95.7 cm³/mol. The van der Waals surface area contributed by atoms with E-state index in [9.17, 15) is 0 Å². The molecular formula is C19H38N2O2. The number of hydrogen-bond acceptors (Lipinski definition) is 4. The molecule has 0 aromatic heterocycles. The van der Waals surface area contributed by atoms with Crippen LogP contribution in [0, 0.1) is 0 Å². The van der Waals surface area contributed by atoms with Gasteiger partial charge < -0.3 is 10.2 Å². The molecule has 0 unspecified atom stereocenters. The van der Waals surface area contributed by atoms with Gasteiger partial charge >= 0.3 is 0 Å². The minimum Gasteiger partial charge on any atom is -0.395 e. The van der Waals surface area contributed by atoms with E-state index in [2.05, 4.69) is 9.80 Å². The van der Waals surface area contributed by atoms with Gasteiger partial charge in [0, 0.05) is 25.2 Å². The van der Waals surface area contributed by atoms with Crippen molar-refractivity contribution in [1.82, 2.24) is 9.80 Å². The van der Waals surface area contributed by atoms with Crippen LogP contribution in [0.25, 0.3) is 0 Å². The molecular weight excluding hydrogens is 288 g/mol. The van der Waals surface area contributed by atoms with Crippen molar-refractivity contribution in [3.05, 3.63) is 0 Å². The Kier molecular flexibility index (Phi) is 9.50. The van der Waals surface area contributed by atoms with E-state index in [-0.39, 0.29) is 13.2 Å². The van der Waals surface area contributed by atoms with E-state index in [4.69, 9.17) is 10.2 Å². The van der Waals surface area contributed by atoms with E-state index >= 15 is 0 Å². The fourth-order valence-corrected chi connectivity index (χ4v) is 4.58. The van der Waals surface area contributed by atoms with Crippen molar-refractivity contribution in [2.75, 3.05) is 39.4 Å². The van der Waals surface area contributed by atoms with E-state index in [0.717, 1.165) is 25.0 Å². The van der Waals surface area contributed by atoms with Crippen molar-refractivity contribution < 1.29 is 10.2 Å². The molecule has 2 saturated carbocycles. The molecule has 2 aliphatic rings. The summed E-state index contributed by atoms with van der Waals surface area (Å²) in [6.45, 7) is 3.95. The third-order valence-corrected chi connectivity index (χ3v) is 5.81. The second kappa shape index (κ2) is 11.4. The maximum Gasteiger partial charge on any atom is 0.0558 e. The summed E-state index contributed by atoms with van der Waals surface area (Å²) in [5, 5.41) is 18.3. The first-order chi connectivity index (χ1) is 11.3. The summed E-state index contributed by atoms with van der Waals surface area (Å²) in [6, 6.07) is 1.63. The zero-order chi connectivity index (χ0) is 16.3. The van der Waals surface area contributed by atoms with Crippen LogP contribution >= 0.6 is 0 Å². The Hall–Kier alpha value is -0.160. The van der Waals surface area contributed by atoms with Gasteiger partial charge in [-0.3, -0.25) is 9.80 Å². The van der Waals surface area contributed by atoms with E-state index < -0.39 is 0 Å². The number of aliphatic hydroxyl groups is 2. The summed E-state index contributed by atoms with van der Waals surface area (Å²) in [6.07, 6.45) is 15.2. The highest BCUT2D eigenvalue weighted by atomic mass is 16.3. The maximum absolute atomic E-state index is 9.15. The fraction of sp³-hybridized carbons (Fsp3) is 1.00. The molecule has 0 atom stereocenters. The number of nitrogens with zero attached hydrogens (tertiary/aromatic N) is 2. The molecule has 0 spiro atoms. The molecule has 2 rings (SSSR count). The van der Waals surface area contributed by atoms with Gasteiger partial charge in [0.25, 0.3) is 0 Å². The lowest BCUT2D eigenvalue weighted by Crippen LogP contribution is -2.46. The van der Waals surface area contributed by atoms with Gasteiger partial charge in [-0.25, -0.2) is 0 Å².